The van der Waals surface area contributed by atoms with E-state index in [1.165, 1.54) is 17.4 Å². The molecule has 61 heavy (non-hydrogen) atoms. The second kappa shape index (κ2) is 16.9. The molecule has 0 aliphatic carbocycles. The fraction of sp³-hybridized carbons (Fsp3) is 0.386. The van der Waals surface area contributed by atoms with Crippen LogP contribution < -0.4 is 20.3 Å². The number of rotatable bonds is 11. The largest absolute Gasteiger partial charge is 0.356 e. The number of hydrogen-bond donors (Lipinski definition) is 3. The Balaban J connectivity index is 0.938. The van der Waals surface area contributed by atoms with E-state index < -0.39 is 15.8 Å². The second-order valence-electron chi connectivity index (χ2n) is 16.8. The van der Waals surface area contributed by atoms with E-state index in [1.54, 1.807) is 37.5 Å². The minimum atomic E-state index is -3.73. The first-order valence-corrected chi connectivity index (χ1v) is 23.0. The zero-order valence-corrected chi connectivity index (χ0v) is 36.1. The Morgan fingerprint density at radius 1 is 1.00 bits per heavy atom. The Morgan fingerprint density at radius 2 is 1.84 bits per heavy atom. The number of halogens is 1. The molecule has 0 radical (unpaired) electrons. The summed E-state index contributed by atoms with van der Waals surface area (Å²) in [5, 5.41) is 6.50. The van der Waals surface area contributed by atoms with Crippen LogP contribution in [0.2, 0.25) is 0 Å². The quantitative estimate of drug-likeness (QED) is 0.117. The number of imide groups is 1. The number of thiazole rings is 1. The van der Waals surface area contributed by atoms with Crippen LogP contribution in [-0.4, -0.2) is 76.4 Å². The van der Waals surface area contributed by atoms with Crippen molar-refractivity contribution in [3.8, 4) is 21.8 Å². The third kappa shape index (κ3) is 9.12. The van der Waals surface area contributed by atoms with Crippen molar-refractivity contribution in [1.29, 1.82) is 0 Å². The van der Waals surface area contributed by atoms with Gasteiger partial charge in [-0.15, -0.1) is 11.3 Å². The molecule has 3 N–H and O–H groups in total. The van der Waals surface area contributed by atoms with Gasteiger partial charge >= 0.3 is 0 Å². The fourth-order valence-corrected chi connectivity index (χ4v) is 10.2. The van der Waals surface area contributed by atoms with Crippen molar-refractivity contribution in [3.63, 3.8) is 0 Å². The van der Waals surface area contributed by atoms with Gasteiger partial charge in [0.2, 0.25) is 33.7 Å². The number of hydrogen-bond acceptors (Lipinski definition) is 12. The lowest BCUT2D eigenvalue weighted by atomic mass is 9.92. The van der Waals surface area contributed by atoms with Crippen molar-refractivity contribution >= 4 is 62.2 Å². The number of carbonyl (C=O) groups excluding carboxylic acids is 3. The summed E-state index contributed by atoms with van der Waals surface area (Å²) < 4.78 is 43.6. The summed E-state index contributed by atoms with van der Waals surface area (Å²) in [6.45, 7) is 10.2. The van der Waals surface area contributed by atoms with Crippen LogP contribution in [0.25, 0.3) is 21.8 Å². The van der Waals surface area contributed by atoms with Crippen LogP contribution in [0.4, 0.5) is 27.5 Å². The van der Waals surface area contributed by atoms with Crippen molar-refractivity contribution in [2.75, 3.05) is 40.3 Å². The molecule has 3 amide bonds. The summed E-state index contributed by atoms with van der Waals surface area (Å²) in [4.78, 5) is 61.1. The van der Waals surface area contributed by atoms with E-state index >= 15 is 4.39 Å². The summed E-state index contributed by atoms with van der Waals surface area (Å²) in [7, 11) is -3.73. The second-order valence-corrected chi connectivity index (χ2v) is 19.6. The van der Waals surface area contributed by atoms with Crippen molar-refractivity contribution in [2.45, 2.75) is 77.7 Å². The van der Waals surface area contributed by atoms with Gasteiger partial charge in [0, 0.05) is 61.7 Å². The first-order chi connectivity index (χ1) is 29.2. The Hall–Kier alpha value is -5.81. The van der Waals surface area contributed by atoms with Crippen LogP contribution in [-0.2, 0) is 42.8 Å². The fourth-order valence-electron chi connectivity index (χ4n) is 8.00. The number of carbonyl (C=O) groups is 3. The molecule has 17 heteroatoms. The summed E-state index contributed by atoms with van der Waals surface area (Å²) in [5.74, 6) is -0.681. The Kier molecular flexibility index (Phi) is 11.6. The molecule has 3 aromatic heterocycles. The lowest BCUT2D eigenvalue weighted by Crippen LogP contribution is -2.40. The number of sulfonamides is 1. The molecule has 14 nitrogen and oxygen atoms in total. The minimum absolute atomic E-state index is 0.125. The average molecular weight is 866 g/mol. The zero-order valence-electron chi connectivity index (χ0n) is 34.5. The molecule has 2 fully saturated rings. The monoisotopic (exact) mass is 865 g/mol. The Bertz CT molecular complexity index is 2610. The van der Waals surface area contributed by atoms with Crippen LogP contribution in [0.1, 0.15) is 81.0 Å². The molecule has 8 rings (SSSR count). The van der Waals surface area contributed by atoms with Gasteiger partial charge in [0.05, 0.1) is 44.5 Å². The third-order valence-corrected chi connectivity index (χ3v) is 14.2. The molecule has 0 saturated carbocycles. The summed E-state index contributed by atoms with van der Waals surface area (Å²) in [6, 6.07) is 16.2. The van der Waals surface area contributed by atoms with E-state index in [2.05, 4.69) is 36.3 Å². The first kappa shape index (κ1) is 41.9. The van der Waals surface area contributed by atoms with E-state index in [0.717, 1.165) is 39.6 Å². The molecular weight excluding hydrogens is 818 g/mol. The number of amides is 3. The Morgan fingerprint density at radius 3 is 2.59 bits per heavy atom. The number of aromatic nitrogens is 4. The average Bonchev–Trinajstić information content (AvgIpc) is 3.91. The molecule has 2 saturated heterocycles. The Labute approximate surface area is 358 Å². The van der Waals surface area contributed by atoms with Gasteiger partial charge in [-0.3, -0.25) is 24.4 Å². The number of nitrogens with one attached hydrogen (secondary N) is 3. The standard InChI is InChI=1S/C44H48FN9O5S2/c1-5-21-61(58,59)52-33-8-6-7-32(37(33)45)38-39(60-42(51-38)44(2,3)4)34-15-18-46-43(49-34)48-30-11-9-28-24-54(20-16-26(28)22-30)41(57)29-17-19-53(25-29)35-13-10-27(23-47-35)31-12-14-36(55)50-40(31)56/h6-11,13,15,18,22-23,29,31,52H,5,12,14,16-17,19-21,24-25H2,1-4H3,(H,46,48,49)(H,50,55,56)/t29-,31+/m1/s1. The van der Waals surface area contributed by atoms with E-state index in [1.807, 2.05) is 49.9 Å². The summed E-state index contributed by atoms with van der Waals surface area (Å²) in [5.41, 5.74) is 4.35. The normalized spacial score (nSPS) is 18.2. The van der Waals surface area contributed by atoms with Gasteiger partial charge in [-0.1, -0.05) is 45.9 Å². The maximum atomic E-state index is 16.1. The lowest BCUT2D eigenvalue weighted by molar-refractivity contribution is -0.136. The van der Waals surface area contributed by atoms with E-state index in [-0.39, 0.29) is 52.0 Å². The molecule has 0 spiro atoms. The molecule has 2 atom stereocenters. The number of fused-ring (bicyclic) bond motifs is 1. The molecule has 0 bridgehead atoms. The highest BCUT2D eigenvalue weighted by atomic mass is 32.2. The number of pyridine rings is 1. The van der Waals surface area contributed by atoms with E-state index in [4.69, 9.17) is 9.97 Å². The zero-order chi connectivity index (χ0) is 43.1. The molecule has 5 aromatic rings. The smallest absolute Gasteiger partial charge is 0.234 e. The molecule has 6 heterocycles. The van der Waals surface area contributed by atoms with Crippen molar-refractivity contribution in [2.24, 2.45) is 5.92 Å². The van der Waals surface area contributed by atoms with E-state index in [9.17, 15) is 22.8 Å². The number of benzene rings is 2. The minimum Gasteiger partial charge on any atom is -0.356 e. The molecular formula is C44H48FN9O5S2. The highest BCUT2D eigenvalue weighted by Gasteiger charge is 2.34. The van der Waals surface area contributed by atoms with E-state index in [0.29, 0.717) is 74.1 Å². The van der Waals surface area contributed by atoms with Crippen LogP contribution in [0, 0.1) is 11.7 Å². The topological polar surface area (TPSA) is 179 Å². The first-order valence-electron chi connectivity index (χ1n) is 20.5. The molecule has 0 unspecified atom stereocenters. The van der Waals surface area contributed by atoms with Gasteiger partial charge in [-0.05, 0) is 78.8 Å². The number of piperidine rings is 1. The molecule has 3 aliphatic heterocycles. The maximum Gasteiger partial charge on any atom is 0.234 e. The van der Waals surface area contributed by atoms with Crippen LogP contribution in [0.5, 0.6) is 0 Å². The van der Waals surface area contributed by atoms with Crippen molar-refractivity contribution in [1.82, 2.24) is 30.2 Å². The molecule has 3 aliphatic rings. The molecule has 2 aromatic carbocycles. The maximum absolute atomic E-state index is 16.1. The highest BCUT2D eigenvalue weighted by Crippen LogP contribution is 2.42. The van der Waals surface area contributed by atoms with Gasteiger partial charge in [0.15, 0.2) is 5.82 Å². The summed E-state index contributed by atoms with van der Waals surface area (Å²) >= 11 is 1.41. The lowest BCUT2D eigenvalue weighted by Gasteiger charge is -2.31. The van der Waals surface area contributed by atoms with Crippen molar-refractivity contribution < 1.29 is 27.2 Å². The summed E-state index contributed by atoms with van der Waals surface area (Å²) in [6.07, 6.45) is 5.93. The SMILES string of the molecule is CCCS(=O)(=O)Nc1cccc(-c2nc(C(C)(C)C)sc2-c2ccnc(Nc3ccc4c(c3)CCN(C(=O)[C@@H]3CCN(c5ccc([C@@H]6CCC(=O)NC6=O)cn5)C3)C4)n2)c1F. The van der Waals surface area contributed by atoms with Crippen LogP contribution >= 0.6 is 11.3 Å². The predicted octanol–water partition coefficient (Wildman–Crippen LogP) is 6.93. The number of nitrogens with zero attached hydrogens (tertiary/aromatic N) is 6. The van der Waals surface area contributed by atoms with Crippen molar-refractivity contribution in [3.05, 3.63) is 94.5 Å². The predicted molar refractivity (Wildman–Crippen MR) is 233 cm³/mol. The van der Waals surface area contributed by atoms with Gasteiger partial charge < -0.3 is 15.1 Å². The van der Waals surface area contributed by atoms with Gasteiger partial charge in [0.25, 0.3) is 0 Å². The number of anilines is 4. The van der Waals surface area contributed by atoms with Gasteiger partial charge in [-0.2, -0.15) is 0 Å². The molecule has 318 valence electrons. The van der Waals surface area contributed by atoms with Gasteiger partial charge in [-0.25, -0.2) is 32.7 Å². The highest BCUT2D eigenvalue weighted by molar-refractivity contribution is 7.92. The van der Waals surface area contributed by atoms with Crippen LogP contribution in [0.15, 0.2) is 67.0 Å². The van der Waals surface area contributed by atoms with Gasteiger partial charge in [0.1, 0.15) is 5.82 Å². The third-order valence-electron chi connectivity index (χ3n) is 11.2. The van der Waals surface area contributed by atoms with Crippen LogP contribution in [0.3, 0.4) is 0 Å².